The van der Waals surface area contributed by atoms with E-state index in [4.69, 9.17) is 16.7 Å². The van der Waals surface area contributed by atoms with Crippen LogP contribution in [0.4, 0.5) is 32.4 Å². The minimum atomic E-state index is -5.16. The van der Waals surface area contributed by atoms with Crippen LogP contribution in [0.15, 0.2) is 35.5 Å². The van der Waals surface area contributed by atoms with Crippen LogP contribution in [0, 0.1) is 5.82 Å². The molecule has 0 saturated carbocycles. The molecule has 7 N–H and O–H groups in total. The Bertz CT molecular complexity index is 1530. The van der Waals surface area contributed by atoms with Gasteiger partial charge in [-0.1, -0.05) is 11.6 Å². The second-order valence-electron chi connectivity index (χ2n) is 8.64. The van der Waals surface area contributed by atoms with Crippen molar-refractivity contribution in [1.82, 2.24) is 31.5 Å². The van der Waals surface area contributed by atoms with Crippen LogP contribution in [0.3, 0.4) is 0 Å². The molecule has 2 atom stereocenters. The second kappa shape index (κ2) is 11.8. The number of carbonyl (C=O) groups excluding carboxylic acids is 2. The van der Waals surface area contributed by atoms with E-state index < -0.39 is 64.9 Å². The van der Waals surface area contributed by atoms with Gasteiger partial charge in [0.25, 0.3) is 5.91 Å². The van der Waals surface area contributed by atoms with E-state index in [2.05, 4.69) is 36.5 Å². The summed E-state index contributed by atoms with van der Waals surface area (Å²) in [6.45, 7) is -0.749. The molecular formula is C23H20ClF5N8O4. The molecule has 3 amide bonds. The summed E-state index contributed by atoms with van der Waals surface area (Å²) in [6, 6.07) is 3.88. The molecular weight excluding hydrogens is 583 g/mol. The van der Waals surface area contributed by atoms with Gasteiger partial charge in [-0.3, -0.25) is 20.0 Å². The number of aromatic amines is 1. The first-order chi connectivity index (χ1) is 19.3. The number of benzene rings is 2. The van der Waals surface area contributed by atoms with Gasteiger partial charge in [0.1, 0.15) is 12.3 Å². The fourth-order valence-electron chi connectivity index (χ4n) is 3.80. The van der Waals surface area contributed by atoms with Crippen molar-refractivity contribution in [2.45, 2.75) is 18.5 Å². The summed E-state index contributed by atoms with van der Waals surface area (Å²) >= 11 is 5.57. The zero-order chi connectivity index (χ0) is 29.9. The third kappa shape index (κ3) is 7.10. The van der Waals surface area contributed by atoms with Crippen molar-refractivity contribution >= 4 is 52.1 Å². The highest BCUT2D eigenvalue weighted by molar-refractivity contribution is 6.30. The highest BCUT2D eigenvalue weighted by Gasteiger charge is 2.36. The number of nitrogens with one attached hydrogen (secondary N) is 6. The maximum atomic E-state index is 13.9. The predicted molar refractivity (Wildman–Crippen MR) is 136 cm³/mol. The topological polar surface area (TPSA) is 173 Å². The Kier molecular flexibility index (Phi) is 8.46. The largest absolute Gasteiger partial charge is 0.465 e. The third-order valence-electron chi connectivity index (χ3n) is 5.68. The van der Waals surface area contributed by atoms with E-state index in [0.29, 0.717) is 22.7 Å². The molecule has 41 heavy (non-hydrogen) atoms. The van der Waals surface area contributed by atoms with E-state index in [0.717, 1.165) is 6.07 Å². The van der Waals surface area contributed by atoms with Crippen molar-refractivity contribution in [3.05, 3.63) is 58.0 Å². The Hall–Kier alpha value is -4.67. The van der Waals surface area contributed by atoms with Crippen LogP contribution >= 0.6 is 11.6 Å². The summed E-state index contributed by atoms with van der Waals surface area (Å²) in [5, 5.41) is 27.3. The standard InChI is InChI=1S/C23H20ClF5N8O4/c24-14-2-9(1-13(18(14)26)23(27,28)29)19(36-22(40)41)35-17(38)8-30-20(39)10-3-15(12-7-33-37-16(12)4-10)34-21-31-5-11(25)6-32-21/h1-4,7,11,19,36H,5-6,8H2,(H,30,39)(H,33,37)(H,35,38)(H,40,41)(H2,31,32,34). The molecule has 0 aliphatic carbocycles. The molecule has 1 aliphatic rings. The van der Waals surface area contributed by atoms with Gasteiger partial charge in [0.2, 0.25) is 5.91 Å². The molecule has 0 spiro atoms. The summed E-state index contributed by atoms with van der Waals surface area (Å²) in [6.07, 6.45) is -8.32. The van der Waals surface area contributed by atoms with Gasteiger partial charge in [-0.15, -0.1) is 0 Å². The number of hydrogen-bond acceptors (Lipinski definition) is 7. The molecule has 0 bridgehead atoms. The number of hydrogen-bond donors (Lipinski definition) is 7. The molecule has 218 valence electrons. The first-order valence-electron chi connectivity index (χ1n) is 11.6. The molecule has 0 fully saturated rings. The molecule has 1 aliphatic heterocycles. The quantitative estimate of drug-likeness (QED) is 0.161. The number of carboxylic acid groups (broad SMARTS) is 1. The summed E-state index contributed by atoms with van der Waals surface area (Å²) < 4.78 is 66.9. The highest BCUT2D eigenvalue weighted by atomic mass is 35.5. The fraction of sp³-hybridized carbons (Fsp3) is 0.261. The summed E-state index contributed by atoms with van der Waals surface area (Å²) in [7, 11) is 0. The minimum Gasteiger partial charge on any atom is -0.465 e. The lowest BCUT2D eigenvalue weighted by Gasteiger charge is -2.21. The van der Waals surface area contributed by atoms with Crippen LogP contribution in [0.25, 0.3) is 10.9 Å². The predicted octanol–water partition coefficient (Wildman–Crippen LogP) is 2.90. The van der Waals surface area contributed by atoms with E-state index in [1.165, 1.54) is 18.3 Å². The molecule has 2 unspecified atom stereocenters. The highest BCUT2D eigenvalue weighted by Crippen LogP contribution is 2.36. The van der Waals surface area contributed by atoms with Crippen LogP contribution in [0.1, 0.15) is 27.7 Å². The summed E-state index contributed by atoms with van der Waals surface area (Å²) in [5.74, 6) is -3.26. The maximum Gasteiger partial charge on any atom is 0.419 e. The monoisotopic (exact) mass is 602 g/mol. The Balaban J connectivity index is 1.48. The molecule has 18 heteroatoms. The van der Waals surface area contributed by atoms with Gasteiger partial charge in [-0.25, -0.2) is 18.6 Å². The average Bonchev–Trinajstić information content (AvgIpc) is 3.38. The number of H-pyrrole nitrogens is 1. The Morgan fingerprint density at radius 1 is 1.17 bits per heavy atom. The Labute approximate surface area is 231 Å². The molecule has 1 aromatic heterocycles. The number of fused-ring (bicyclic) bond motifs is 1. The number of alkyl halides is 4. The van der Waals surface area contributed by atoms with Crippen LogP contribution < -0.4 is 26.6 Å². The van der Waals surface area contributed by atoms with E-state index in [1.54, 1.807) is 5.32 Å². The molecule has 3 aromatic rings. The lowest BCUT2D eigenvalue weighted by Crippen LogP contribution is -2.44. The summed E-state index contributed by atoms with van der Waals surface area (Å²) in [5.41, 5.74) is -1.41. The van der Waals surface area contributed by atoms with Gasteiger partial charge in [-0.05, 0) is 29.8 Å². The Morgan fingerprint density at radius 3 is 2.59 bits per heavy atom. The van der Waals surface area contributed by atoms with Crippen molar-refractivity contribution in [3.8, 4) is 0 Å². The smallest absolute Gasteiger partial charge is 0.419 e. The van der Waals surface area contributed by atoms with Crippen molar-refractivity contribution in [2.24, 2.45) is 4.99 Å². The molecule has 4 rings (SSSR count). The minimum absolute atomic E-state index is 0.0367. The van der Waals surface area contributed by atoms with E-state index in [9.17, 15) is 36.3 Å². The first-order valence-corrected chi connectivity index (χ1v) is 12.0. The van der Waals surface area contributed by atoms with E-state index in [-0.39, 0.29) is 24.6 Å². The lowest BCUT2D eigenvalue weighted by atomic mass is 10.1. The second-order valence-corrected chi connectivity index (χ2v) is 9.05. The SMILES string of the molecule is O=C(O)NC(NC(=O)CNC(=O)c1cc(NC2=NCC(F)CN2)c2cn[nH]c2c1)c1cc(Cl)c(F)c(C(F)(F)F)c1. The molecule has 2 aromatic carbocycles. The number of aromatic nitrogens is 2. The molecule has 0 saturated heterocycles. The molecule has 0 radical (unpaired) electrons. The number of rotatable bonds is 7. The van der Waals surface area contributed by atoms with Gasteiger partial charge in [0.15, 0.2) is 11.8 Å². The Morgan fingerprint density at radius 2 is 1.93 bits per heavy atom. The van der Waals surface area contributed by atoms with Crippen LogP contribution in [0.2, 0.25) is 5.02 Å². The fourth-order valence-corrected chi connectivity index (χ4v) is 4.03. The summed E-state index contributed by atoms with van der Waals surface area (Å²) in [4.78, 5) is 40.6. The van der Waals surface area contributed by atoms with Crippen molar-refractivity contribution in [3.63, 3.8) is 0 Å². The molecule has 12 nitrogen and oxygen atoms in total. The van der Waals surface area contributed by atoms with Gasteiger partial charge in [0.05, 0.1) is 47.6 Å². The van der Waals surface area contributed by atoms with Gasteiger partial charge < -0.3 is 26.4 Å². The van der Waals surface area contributed by atoms with Crippen molar-refractivity contribution in [1.29, 1.82) is 0 Å². The first kappa shape index (κ1) is 29.3. The normalized spacial score (nSPS) is 15.9. The average molecular weight is 603 g/mol. The number of carbonyl (C=O) groups is 3. The lowest BCUT2D eigenvalue weighted by molar-refractivity contribution is -0.140. The van der Waals surface area contributed by atoms with Gasteiger partial charge in [0, 0.05) is 10.9 Å². The number of guanidine groups is 1. The number of anilines is 1. The zero-order valence-corrected chi connectivity index (χ0v) is 21.3. The van der Waals surface area contributed by atoms with Crippen LogP contribution in [-0.2, 0) is 11.0 Å². The van der Waals surface area contributed by atoms with Crippen molar-refractivity contribution < 1.29 is 41.4 Å². The molecule has 2 heterocycles. The van der Waals surface area contributed by atoms with Gasteiger partial charge in [-0.2, -0.15) is 18.3 Å². The maximum absolute atomic E-state index is 13.9. The number of nitrogens with zero attached hydrogens (tertiary/aromatic N) is 2. The van der Waals surface area contributed by atoms with E-state index in [1.807, 2.05) is 0 Å². The van der Waals surface area contributed by atoms with Crippen LogP contribution in [0.5, 0.6) is 0 Å². The number of amides is 3. The van der Waals surface area contributed by atoms with Crippen LogP contribution in [-0.4, -0.2) is 65.0 Å². The number of aliphatic imine (C=N–C) groups is 1. The van der Waals surface area contributed by atoms with Crippen molar-refractivity contribution in [2.75, 3.05) is 25.0 Å². The zero-order valence-electron chi connectivity index (χ0n) is 20.5. The van der Waals surface area contributed by atoms with Gasteiger partial charge >= 0.3 is 12.3 Å². The third-order valence-corrected chi connectivity index (χ3v) is 5.96. The van der Waals surface area contributed by atoms with E-state index >= 15 is 0 Å². The number of halogens is 6.